The molecule has 0 amide bonds. The number of halogens is 1. The normalized spacial score (nSPS) is 10.9. The first-order chi connectivity index (χ1) is 7.11. The van der Waals surface area contributed by atoms with E-state index in [4.69, 9.17) is 4.42 Å². The Bertz CT molecular complexity index is 575. The lowest BCUT2D eigenvalue weighted by Crippen LogP contribution is -2.05. The van der Waals surface area contributed by atoms with Gasteiger partial charge in [0.05, 0.1) is 10.9 Å². The summed E-state index contributed by atoms with van der Waals surface area (Å²) in [7, 11) is 0. The van der Waals surface area contributed by atoms with Crippen LogP contribution >= 0.6 is 15.9 Å². The molecule has 0 aliphatic rings. The van der Waals surface area contributed by atoms with Crippen molar-refractivity contribution < 1.29 is 4.42 Å². The van der Waals surface area contributed by atoms with Gasteiger partial charge in [0.25, 0.3) is 0 Å². The molecule has 0 N–H and O–H groups in total. The molecule has 2 aromatic rings. The van der Waals surface area contributed by atoms with Gasteiger partial charge in [-0.05, 0) is 24.6 Å². The number of fused-ring (bicyclic) bond motifs is 1. The number of aromatic nitrogens is 1. The number of rotatable bonds is 1. The van der Waals surface area contributed by atoms with Crippen molar-refractivity contribution in [2.75, 3.05) is 0 Å². The van der Waals surface area contributed by atoms with Gasteiger partial charge in [-0.3, -0.25) is 0 Å². The van der Waals surface area contributed by atoms with E-state index in [0.717, 1.165) is 15.6 Å². The molecule has 0 saturated heterocycles. The van der Waals surface area contributed by atoms with Crippen LogP contribution in [0.2, 0.25) is 0 Å². The number of benzene rings is 1. The minimum Gasteiger partial charge on any atom is -0.408 e. The van der Waals surface area contributed by atoms with E-state index in [1.54, 1.807) is 6.07 Å². The number of nitrogens with zero attached hydrogens (tertiary/aromatic N) is 1. The summed E-state index contributed by atoms with van der Waals surface area (Å²) in [6.07, 6.45) is 0.626. The van der Waals surface area contributed by atoms with Crippen molar-refractivity contribution in [3.05, 3.63) is 38.5 Å². The average Bonchev–Trinajstić information content (AvgIpc) is 2.19. The number of hydrogen-bond acceptors (Lipinski definition) is 3. The molecule has 78 valence electrons. The summed E-state index contributed by atoms with van der Waals surface area (Å²) in [4.78, 5) is 15.9. The first-order valence-electron chi connectivity index (χ1n) is 4.71. The SMILES string of the molecule is CCc1nc2c(C)cc(Br)cc2c(=O)o1. The summed E-state index contributed by atoms with van der Waals surface area (Å²) in [6.45, 7) is 3.84. The molecule has 0 aliphatic heterocycles. The summed E-state index contributed by atoms with van der Waals surface area (Å²) < 4.78 is 5.93. The Hall–Kier alpha value is -1.16. The Labute approximate surface area is 95.3 Å². The molecule has 15 heavy (non-hydrogen) atoms. The fourth-order valence-electron chi connectivity index (χ4n) is 1.50. The molecule has 2 rings (SSSR count). The van der Waals surface area contributed by atoms with Crippen molar-refractivity contribution in [2.24, 2.45) is 0 Å². The molecular formula is C11H10BrNO2. The van der Waals surface area contributed by atoms with Crippen molar-refractivity contribution >= 4 is 26.8 Å². The zero-order valence-electron chi connectivity index (χ0n) is 8.50. The second-order valence-electron chi connectivity index (χ2n) is 3.37. The van der Waals surface area contributed by atoms with Crippen molar-refractivity contribution in [1.82, 2.24) is 4.98 Å². The molecule has 0 fully saturated rings. The molecule has 0 atom stereocenters. The van der Waals surface area contributed by atoms with Crippen molar-refractivity contribution in [1.29, 1.82) is 0 Å². The predicted octanol–water partition coefficient (Wildman–Crippen LogP) is 2.82. The lowest BCUT2D eigenvalue weighted by Gasteiger charge is -2.02. The molecule has 0 aliphatic carbocycles. The standard InChI is InChI=1S/C11H10BrNO2/c1-3-9-13-10-6(2)4-7(12)5-8(10)11(14)15-9/h4-5H,3H2,1-2H3. The maximum Gasteiger partial charge on any atom is 0.346 e. The molecule has 0 bridgehead atoms. The van der Waals surface area contributed by atoms with E-state index in [1.807, 2.05) is 19.9 Å². The number of hydrogen-bond donors (Lipinski definition) is 0. The summed E-state index contributed by atoms with van der Waals surface area (Å²) in [6, 6.07) is 3.68. The van der Waals surface area contributed by atoms with Gasteiger partial charge in [-0.25, -0.2) is 9.78 Å². The molecule has 1 heterocycles. The van der Waals surface area contributed by atoms with Crippen LogP contribution in [0.4, 0.5) is 0 Å². The van der Waals surface area contributed by atoms with Crippen LogP contribution in [-0.4, -0.2) is 4.98 Å². The zero-order chi connectivity index (χ0) is 11.0. The molecule has 0 unspecified atom stereocenters. The lowest BCUT2D eigenvalue weighted by molar-refractivity contribution is 0.450. The highest BCUT2D eigenvalue weighted by Gasteiger charge is 2.08. The highest BCUT2D eigenvalue weighted by molar-refractivity contribution is 9.10. The highest BCUT2D eigenvalue weighted by Crippen LogP contribution is 2.20. The monoisotopic (exact) mass is 267 g/mol. The third-order valence-corrected chi connectivity index (χ3v) is 2.69. The van der Waals surface area contributed by atoms with Crippen LogP contribution in [0.1, 0.15) is 18.4 Å². The van der Waals surface area contributed by atoms with Gasteiger partial charge in [0.1, 0.15) is 0 Å². The first-order valence-corrected chi connectivity index (χ1v) is 5.51. The largest absolute Gasteiger partial charge is 0.408 e. The maximum absolute atomic E-state index is 11.6. The van der Waals surface area contributed by atoms with E-state index >= 15 is 0 Å². The van der Waals surface area contributed by atoms with Crippen LogP contribution < -0.4 is 5.63 Å². The smallest absolute Gasteiger partial charge is 0.346 e. The van der Waals surface area contributed by atoms with Gasteiger partial charge >= 0.3 is 5.63 Å². The quantitative estimate of drug-likeness (QED) is 0.798. The van der Waals surface area contributed by atoms with E-state index < -0.39 is 0 Å². The Kier molecular flexibility index (Phi) is 2.61. The molecule has 0 radical (unpaired) electrons. The van der Waals surface area contributed by atoms with E-state index in [1.165, 1.54) is 0 Å². The van der Waals surface area contributed by atoms with E-state index in [2.05, 4.69) is 20.9 Å². The molecule has 1 aromatic carbocycles. The van der Waals surface area contributed by atoms with Crippen LogP contribution in [0.3, 0.4) is 0 Å². The van der Waals surface area contributed by atoms with Crippen LogP contribution in [0.15, 0.2) is 25.8 Å². The van der Waals surface area contributed by atoms with Crippen molar-refractivity contribution in [3.63, 3.8) is 0 Å². The summed E-state index contributed by atoms with van der Waals surface area (Å²) in [5.74, 6) is 0.484. The van der Waals surface area contributed by atoms with Crippen molar-refractivity contribution in [2.45, 2.75) is 20.3 Å². The van der Waals surface area contributed by atoms with E-state index in [0.29, 0.717) is 17.7 Å². The topological polar surface area (TPSA) is 43.1 Å². The Morgan fingerprint density at radius 3 is 2.87 bits per heavy atom. The summed E-state index contributed by atoms with van der Waals surface area (Å²) >= 11 is 3.34. The average molecular weight is 268 g/mol. The van der Waals surface area contributed by atoms with Gasteiger partial charge in [-0.1, -0.05) is 22.9 Å². The Morgan fingerprint density at radius 2 is 2.20 bits per heavy atom. The molecule has 1 aromatic heterocycles. The maximum atomic E-state index is 11.6. The molecule has 3 nitrogen and oxygen atoms in total. The minimum atomic E-state index is -0.318. The summed E-state index contributed by atoms with van der Waals surface area (Å²) in [5, 5.41) is 0.527. The predicted molar refractivity (Wildman–Crippen MR) is 62.1 cm³/mol. The van der Waals surface area contributed by atoms with E-state index in [9.17, 15) is 4.79 Å². The van der Waals surface area contributed by atoms with Gasteiger partial charge in [-0.15, -0.1) is 0 Å². The van der Waals surface area contributed by atoms with E-state index in [-0.39, 0.29) is 5.63 Å². The van der Waals surface area contributed by atoms with Gasteiger partial charge < -0.3 is 4.42 Å². The molecular weight excluding hydrogens is 258 g/mol. The van der Waals surface area contributed by atoms with Crippen LogP contribution in [0, 0.1) is 6.92 Å². The van der Waals surface area contributed by atoms with Gasteiger partial charge in [0, 0.05) is 10.9 Å². The van der Waals surface area contributed by atoms with Crippen LogP contribution in [0.25, 0.3) is 10.9 Å². The molecule has 0 spiro atoms. The fraction of sp³-hybridized carbons (Fsp3) is 0.273. The Balaban J connectivity index is 2.91. The van der Waals surface area contributed by atoms with Crippen LogP contribution in [-0.2, 0) is 6.42 Å². The van der Waals surface area contributed by atoms with Gasteiger partial charge in [0.2, 0.25) is 0 Å². The van der Waals surface area contributed by atoms with Crippen LogP contribution in [0.5, 0.6) is 0 Å². The zero-order valence-corrected chi connectivity index (χ0v) is 10.1. The first kappa shape index (κ1) is 10.4. The van der Waals surface area contributed by atoms with Crippen molar-refractivity contribution in [3.8, 4) is 0 Å². The second kappa shape index (κ2) is 3.77. The fourth-order valence-corrected chi connectivity index (χ4v) is 2.07. The lowest BCUT2D eigenvalue weighted by atomic mass is 10.1. The summed E-state index contributed by atoms with van der Waals surface area (Å²) in [5.41, 5.74) is 1.38. The molecule has 0 saturated carbocycles. The number of aryl methyl sites for hydroxylation is 2. The third kappa shape index (κ3) is 1.81. The second-order valence-corrected chi connectivity index (χ2v) is 4.28. The van der Waals surface area contributed by atoms with Gasteiger partial charge in [-0.2, -0.15) is 0 Å². The molecule has 4 heteroatoms. The minimum absolute atomic E-state index is 0.318. The van der Waals surface area contributed by atoms with Gasteiger partial charge in [0.15, 0.2) is 5.89 Å². The highest BCUT2D eigenvalue weighted by atomic mass is 79.9. The Morgan fingerprint density at radius 1 is 1.47 bits per heavy atom. The third-order valence-electron chi connectivity index (χ3n) is 2.23.